The Morgan fingerprint density at radius 3 is 2.48 bits per heavy atom. The van der Waals surface area contributed by atoms with E-state index in [1.54, 1.807) is 12.1 Å². The molecule has 0 heterocycles. The molecule has 0 radical (unpaired) electrons. The number of nitro groups is 1. The second-order valence-corrected chi connectivity index (χ2v) is 6.01. The standard InChI is InChI=1S/C16H24N4O3/c17-12-3-5-14(6-4-12)19-16(21)2-1-11-18-13-7-9-15(10-8-13)20(22)23/h7-10,12,14,18H,1-6,11,17H2,(H,19,21). The van der Waals surface area contributed by atoms with Gasteiger partial charge in [-0.05, 0) is 44.2 Å². The molecular formula is C16H24N4O3. The lowest BCUT2D eigenvalue weighted by atomic mass is 9.92. The zero-order chi connectivity index (χ0) is 16.7. The summed E-state index contributed by atoms with van der Waals surface area (Å²) in [6.07, 6.45) is 5.08. The molecule has 0 bridgehead atoms. The third-order valence-electron chi connectivity index (χ3n) is 4.12. The molecule has 1 amide bonds. The van der Waals surface area contributed by atoms with Crippen molar-refractivity contribution in [2.45, 2.75) is 50.6 Å². The van der Waals surface area contributed by atoms with Crippen molar-refractivity contribution in [3.63, 3.8) is 0 Å². The third kappa shape index (κ3) is 5.86. The van der Waals surface area contributed by atoms with Gasteiger partial charge in [-0.15, -0.1) is 0 Å². The maximum Gasteiger partial charge on any atom is 0.269 e. The summed E-state index contributed by atoms with van der Waals surface area (Å²) >= 11 is 0. The van der Waals surface area contributed by atoms with Gasteiger partial charge in [0.15, 0.2) is 0 Å². The van der Waals surface area contributed by atoms with Gasteiger partial charge in [-0.1, -0.05) is 0 Å². The predicted molar refractivity (Wildman–Crippen MR) is 89.2 cm³/mol. The summed E-state index contributed by atoms with van der Waals surface area (Å²) in [6, 6.07) is 6.82. The zero-order valence-corrected chi connectivity index (χ0v) is 13.2. The van der Waals surface area contributed by atoms with Crippen LogP contribution in [0.3, 0.4) is 0 Å². The van der Waals surface area contributed by atoms with Gasteiger partial charge in [0.2, 0.25) is 5.91 Å². The Bertz CT molecular complexity index is 525. The van der Waals surface area contributed by atoms with E-state index < -0.39 is 4.92 Å². The monoisotopic (exact) mass is 320 g/mol. The number of nitrogens with two attached hydrogens (primary N) is 1. The van der Waals surface area contributed by atoms with Crippen molar-refractivity contribution in [2.24, 2.45) is 5.73 Å². The summed E-state index contributed by atoms with van der Waals surface area (Å²) < 4.78 is 0. The largest absolute Gasteiger partial charge is 0.385 e. The molecule has 1 saturated carbocycles. The third-order valence-corrected chi connectivity index (χ3v) is 4.12. The summed E-state index contributed by atoms with van der Waals surface area (Å²) in [7, 11) is 0. The molecule has 0 unspecified atom stereocenters. The SMILES string of the molecule is NC1CCC(NC(=O)CCCNc2ccc([N+](=O)[O-])cc2)CC1. The van der Waals surface area contributed by atoms with Crippen molar-refractivity contribution < 1.29 is 9.72 Å². The van der Waals surface area contributed by atoms with Gasteiger partial charge in [0.25, 0.3) is 5.69 Å². The Labute approximate surface area is 135 Å². The molecule has 23 heavy (non-hydrogen) atoms. The van der Waals surface area contributed by atoms with Crippen LogP contribution in [0.4, 0.5) is 11.4 Å². The number of carbonyl (C=O) groups is 1. The molecule has 0 saturated heterocycles. The van der Waals surface area contributed by atoms with Crippen molar-refractivity contribution >= 4 is 17.3 Å². The van der Waals surface area contributed by atoms with Crippen LogP contribution in [-0.2, 0) is 4.79 Å². The van der Waals surface area contributed by atoms with Gasteiger partial charge >= 0.3 is 0 Å². The van der Waals surface area contributed by atoms with Crippen LogP contribution in [0.1, 0.15) is 38.5 Å². The molecule has 2 rings (SSSR count). The molecule has 126 valence electrons. The van der Waals surface area contributed by atoms with Crippen LogP contribution in [0.15, 0.2) is 24.3 Å². The van der Waals surface area contributed by atoms with Gasteiger partial charge in [-0.25, -0.2) is 0 Å². The highest BCUT2D eigenvalue weighted by atomic mass is 16.6. The zero-order valence-electron chi connectivity index (χ0n) is 13.2. The van der Waals surface area contributed by atoms with Gasteiger partial charge in [-0.2, -0.15) is 0 Å². The Hall–Kier alpha value is -2.15. The molecule has 0 atom stereocenters. The van der Waals surface area contributed by atoms with Crippen LogP contribution < -0.4 is 16.4 Å². The summed E-state index contributed by atoms with van der Waals surface area (Å²) in [5.41, 5.74) is 6.74. The maximum absolute atomic E-state index is 11.9. The molecule has 1 aromatic rings. The Balaban J connectivity index is 1.61. The van der Waals surface area contributed by atoms with Gasteiger partial charge in [-0.3, -0.25) is 14.9 Å². The minimum absolute atomic E-state index is 0.0714. The minimum Gasteiger partial charge on any atom is -0.385 e. The number of hydrogen-bond donors (Lipinski definition) is 3. The Morgan fingerprint density at radius 1 is 1.22 bits per heavy atom. The van der Waals surface area contributed by atoms with Gasteiger partial charge in [0.1, 0.15) is 0 Å². The Morgan fingerprint density at radius 2 is 1.87 bits per heavy atom. The second kappa shape index (κ2) is 8.47. The minimum atomic E-state index is -0.424. The molecule has 0 aromatic heterocycles. The molecule has 0 aliphatic heterocycles. The van der Waals surface area contributed by atoms with Crippen LogP contribution in [0.5, 0.6) is 0 Å². The van der Waals surface area contributed by atoms with E-state index in [2.05, 4.69) is 10.6 Å². The number of amides is 1. The first-order chi connectivity index (χ1) is 11.0. The normalized spacial score (nSPS) is 20.7. The van der Waals surface area contributed by atoms with Crippen molar-refractivity contribution in [1.82, 2.24) is 5.32 Å². The summed E-state index contributed by atoms with van der Waals surface area (Å²) in [6.45, 7) is 0.654. The highest BCUT2D eigenvalue weighted by Crippen LogP contribution is 2.17. The fraction of sp³-hybridized carbons (Fsp3) is 0.562. The summed E-state index contributed by atoms with van der Waals surface area (Å²) in [5.74, 6) is 0.0796. The number of hydrogen-bond acceptors (Lipinski definition) is 5. The molecule has 1 aliphatic rings. The van der Waals surface area contributed by atoms with Gasteiger partial charge < -0.3 is 16.4 Å². The molecule has 7 nitrogen and oxygen atoms in total. The van der Waals surface area contributed by atoms with E-state index in [0.29, 0.717) is 13.0 Å². The van der Waals surface area contributed by atoms with Gasteiger partial charge in [0.05, 0.1) is 4.92 Å². The molecule has 0 spiro atoms. The van der Waals surface area contributed by atoms with Crippen LogP contribution in [0.2, 0.25) is 0 Å². The fourth-order valence-electron chi connectivity index (χ4n) is 2.75. The number of nitrogens with one attached hydrogen (secondary N) is 2. The molecule has 7 heteroatoms. The lowest BCUT2D eigenvalue weighted by Crippen LogP contribution is -2.40. The molecule has 1 aliphatic carbocycles. The van der Waals surface area contributed by atoms with E-state index in [1.165, 1.54) is 12.1 Å². The van der Waals surface area contributed by atoms with E-state index in [1.807, 2.05) is 0 Å². The molecule has 1 aromatic carbocycles. The number of nitrogens with zero attached hydrogens (tertiary/aromatic N) is 1. The molecule has 1 fully saturated rings. The topological polar surface area (TPSA) is 110 Å². The fourth-order valence-corrected chi connectivity index (χ4v) is 2.75. The predicted octanol–water partition coefficient (Wildman–Crippen LogP) is 2.17. The van der Waals surface area contributed by atoms with E-state index >= 15 is 0 Å². The van der Waals surface area contributed by atoms with Crippen molar-refractivity contribution in [3.05, 3.63) is 34.4 Å². The van der Waals surface area contributed by atoms with Crippen LogP contribution in [0, 0.1) is 10.1 Å². The molecular weight excluding hydrogens is 296 g/mol. The number of carbonyl (C=O) groups excluding carboxylic acids is 1. The lowest BCUT2D eigenvalue weighted by molar-refractivity contribution is -0.384. The van der Waals surface area contributed by atoms with Crippen molar-refractivity contribution in [1.29, 1.82) is 0 Å². The van der Waals surface area contributed by atoms with E-state index in [9.17, 15) is 14.9 Å². The number of nitro benzene ring substituents is 1. The number of anilines is 1. The van der Waals surface area contributed by atoms with E-state index in [-0.39, 0.29) is 23.7 Å². The maximum atomic E-state index is 11.9. The average molecular weight is 320 g/mol. The van der Waals surface area contributed by atoms with Crippen LogP contribution in [-0.4, -0.2) is 29.5 Å². The highest BCUT2D eigenvalue weighted by Gasteiger charge is 2.19. The van der Waals surface area contributed by atoms with Gasteiger partial charge in [0, 0.05) is 42.9 Å². The number of non-ortho nitro benzene ring substituents is 1. The quantitative estimate of drug-likeness (QED) is 0.405. The Kier molecular flexibility index (Phi) is 6.34. The number of rotatable bonds is 7. The first-order valence-corrected chi connectivity index (χ1v) is 8.08. The summed E-state index contributed by atoms with van der Waals surface area (Å²) in [4.78, 5) is 22.0. The van der Waals surface area contributed by atoms with E-state index in [4.69, 9.17) is 5.73 Å². The summed E-state index contributed by atoms with van der Waals surface area (Å²) in [5, 5.41) is 16.8. The first kappa shape index (κ1) is 17.2. The lowest BCUT2D eigenvalue weighted by Gasteiger charge is -2.26. The first-order valence-electron chi connectivity index (χ1n) is 8.08. The van der Waals surface area contributed by atoms with Crippen LogP contribution >= 0.6 is 0 Å². The number of benzene rings is 1. The smallest absolute Gasteiger partial charge is 0.269 e. The van der Waals surface area contributed by atoms with Crippen LogP contribution in [0.25, 0.3) is 0 Å². The average Bonchev–Trinajstić information content (AvgIpc) is 2.54. The highest BCUT2D eigenvalue weighted by molar-refractivity contribution is 5.76. The van der Waals surface area contributed by atoms with Crippen molar-refractivity contribution in [3.8, 4) is 0 Å². The second-order valence-electron chi connectivity index (χ2n) is 6.01. The molecule has 4 N–H and O–H groups in total. The van der Waals surface area contributed by atoms with Crippen molar-refractivity contribution in [2.75, 3.05) is 11.9 Å². The van der Waals surface area contributed by atoms with E-state index in [0.717, 1.165) is 37.8 Å².